The summed E-state index contributed by atoms with van der Waals surface area (Å²) >= 11 is 0. The van der Waals surface area contributed by atoms with Crippen molar-refractivity contribution in [3.8, 4) is 33.9 Å². The van der Waals surface area contributed by atoms with Gasteiger partial charge in [-0.25, -0.2) is 0 Å². The third-order valence-corrected chi connectivity index (χ3v) is 12.6. The number of nitrogens with zero attached hydrogens (tertiary/aromatic N) is 3. The topological polar surface area (TPSA) is 57.3 Å². The third-order valence-electron chi connectivity index (χ3n) is 9.84. The Morgan fingerprint density at radius 2 is 0.898 bits per heavy atom. The molecule has 1 aliphatic rings. The Morgan fingerprint density at radius 3 is 1.36 bits per heavy atom. The first-order chi connectivity index (χ1) is 28.7. The van der Waals surface area contributed by atoms with Crippen LogP contribution in [0.15, 0.2) is 222 Å². The summed E-state index contributed by atoms with van der Waals surface area (Å²) in [4.78, 5) is 15.0. The van der Waals surface area contributed by atoms with Crippen molar-refractivity contribution in [3.05, 3.63) is 223 Å². The maximum atomic E-state index is 5.37. The molecule has 1 aromatic heterocycles. The van der Waals surface area contributed by atoms with Crippen LogP contribution in [0.2, 0.25) is 0 Å². The van der Waals surface area contributed by atoms with Crippen molar-refractivity contribution < 1.29 is 26.5 Å². The molecule has 0 amide bonds. The van der Waals surface area contributed by atoms with Crippen LogP contribution in [0, 0.1) is 0 Å². The zero-order valence-electron chi connectivity index (χ0n) is 32.7. The van der Waals surface area contributed by atoms with Gasteiger partial charge in [0.1, 0.15) is 27.4 Å². The molecule has 0 unspecified atom stereocenters. The largest absolute Gasteiger partial charge is 1.00 e. The van der Waals surface area contributed by atoms with E-state index in [-0.39, 0.29) is 17.1 Å². The fourth-order valence-electron chi connectivity index (χ4n) is 6.88. The Balaban J connectivity index is 0.000000221. The quantitative estimate of drug-likeness (QED) is 0.102. The van der Waals surface area contributed by atoms with Crippen molar-refractivity contribution in [2.24, 2.45) is 9.98 Å². The zero-order valence-corrected chi connectivity index (χ0v) is 34.6. The van der Waals surface area contributed by atoms with E-state index in [1.807, 2.05) is 84.9 Å². The molecule has 292 valence electrons. The van der Waals surface area contributed by atoms with E-state index in [1.165, 1.54) is 15.9 Å². The predicted octanol–water partition coefficient (Wildman–Crippen LogP) is 10.8. The molecule has 0 saturated carbocycles. The molecule has 7 heteroatoms. The zero-order chi connectivity index (χ0) is 39.5. The van der Waals surface area contributed by atoms with Crippen LogP contribution in [-0.2, 0) is 17.1 Å². The van der Waals surface area contributed by atoms with Crippen LogP contribution in [0.5, 0.6) is 11.5 Å². The molecule has 1 aliphatic heterocycles. The first-order valence-corrected chi connectivity index (χ1v) is 20.7. The van der Waals surface area contributed by atoms with Gasteiger partial charge in [-0.1, -0.05) is 146 Å². The Morgan fingerprint density at radius 1 is 0.475 bits per heavy atom. The van der Waals surface area contributed by atoms with E-state index in [2.05, 4.69) is 127 Å². The van der Waals surface area contributed by atoms with Crippen LogP contribution in [0.4, 0.5) is 5.82 Å². The predicted molar refractivity (Wildman–Crippen MR) is 245 cm³/mol. The normalized spacial score (nSPS) is 12.5. The average Bonchev–Trinajstić information content (AvgIpc) is 3.93. The van der Waals surface area contributed by atoms with Crippen LogP contribution >= 0.6 is 7.92 Å². The van der Waals surface area contributed by atoms with Gasteiger partial charge in [-0.3, -0.25) is 4.99 Å². The number of hydrogen-bond acceptors (Lipinski definition) is 3. The molecule has 2 heterocycles. The van der Waals surface area contributed by atoms with E-state index in [0.717, 1.165) is 56.3 Å². The number of amidine groups is 1. The molecule has 59 heavy (non-hydrogen) atoms. The summed E-state index contributed by atoms with van der Waals surface area (Å²) in [6.45, 7) is 0. The standard InChI is InChI=1S/C34H26N3O2.C18H15P.Cu/c1-38-27-17-13-23(14-18-27)29-21-31(25-9-5-3-6-10-25)35-33(29)37-34-30(24-15-19-28(39-2)20-16-24)22-32(36-34)26-11-7-4-8-12-26;1-4-10-16(11-5-1)19(17-12-6-2-7-13-17)18-14-8-3-9-15-18;/h3-22H,1-2H3;1-15H;/q-1;;+1/p+1/b37-33-;;. The molecule has 0 fully saturated rings. The molecule has 0 aliphatic carbocycles. The molecule has 0 N–H and O–H groups in total. The molecule has 0 saturated heterocycles. The molecule has 0 radical (unpaired) electrons. The van der Waals surface area contributed by atoms with Crippen molar-refractivity contribution in [1.82, 2.24) is 4.98 Å². The second-order valence-electron chi connectivity index (χ2n) is 13.5. The minimum absolute atomic E-state index is 0. The summed E-state index contributed by atoms with van der Waals surface area (Å²) < 4.78 is 10.7. The molecule has 5 nitrogen and oxygen atoms in total. The van der Waals surface area contributed by atoms with Crippen LogP contribution in [0.1, 0.15) is 11.1 Å². The molecule has 9 rings (SSSR count). The van der Waals surface area contributed by atoms with Gasteiger partial charge in [0.15, 0.2) is 0 Å². The van der Waals surface area contributed by atoms with Crippen molar-refractivity contribution in [3.63, 3.8) is 0 Å². The second-order valence-corrected chi connectivity index (χ2v) is 16.0. The van der Waals surface area contributed by atoms with E-state index in [1.54, 1.807) is 14.2 Å². The van der Waals surface area contributed by atoms with Crippen molar-refractivity contribution >= 4 is 46.8 Å². The molecule has 7 aromatic carbocycles. The van der Waals surface area contributed by atoms with Gasteiger partial charge in [0.25, 0.3) is 0 Å². The van der Waals surface area contributed by atoms with Crippen LogP contribution < -0.4 is 30.4 Å². The Hall–Kier alpha value is -6.55. The molecular weight excluding hydrogens is 793 g/mol. The van der Waals surface area contributed by atoms with Crippen molar-refractivity contribution in [2.75, 3.05) is 14.2 Å². The van der Waals surface area contributed by atoms with E-state index >= 15 is 0 Å². The number of benzene rings is 7. The average molecular weight is 835 g/mol. The SMILES string of the molecule is COc1ccc(C2=CC(c3ccccc3)=N/C2=N\c2[n-]c(-c3ccccc3)cc2-c2ccc(OC)cc2)cc1.[Cu+].c1ccc([PH+](c2ccccc2)c2ccccc2)cc1. The molecular formula is C52H42CuN3O2P+. The van der Waals surface area contributed by atoms with E-state index < -0.39 is 7.92 Å². The van der Waals surface area contributed by atoms with Crippen molar-refractivity contribution in [2.45, 2.75) is 0 Å². The first kappa shape index (κ1) is 40.6. The third kappa shape index (κ3) is 9.77. The van der Waals surface area contributed by atoms with Gasteiger partial charge in [0.05, 0.1) is 33.7 Å². The van der Waals surface area contributed by atoms with Gasteiger partial charge < -0.3 is 19.5 Å². The monoisotopic (exact) mass is 834 g/mol. The van der Waals surface area contributed by atoms with Gasteiger partial charge in [-0.2, -0.15) is 0 Å². The molecule has 0 atom stereocenters. The number of ether oxygens (including phenoxy) is 2. The Bertz CT molecular complexity index is 2550. The van der Waals surface area contributed by atoms with Gasteiger partial charge in [-0.05, 0) is 101 Å². The van der Waals surface area contributed by atoms with Gasteiger partial charge in [0.2, 0.25) is 0 Å². The number of methoxy groups -OCH3 is 2. The molecule has 8 aromatic rings. The smallest absolute Gasteiger partial charge is 0.497 e. The molecule has 0 spiro atoms. The number of aliphatic imine (C=N–C) groups is 2. The summed E-state index contributed by atoms with van der Waals surface area (Å²) in [5.41, 5.74) is 7.66. The first-order valence-electron chi connectivity index (χ1n) is 19.2. The fraction of sp³-hybridized carbons (Fsp3) is 0.0385. The summed E-state index contributed by atoms with van der Waals surface area (Å²) in [6, 6.07) is 70.8. The van der Waals surface area contributed by atoms with Gasteiger partial charge >= 0.3 is 17.1 Å². The van der Waals surface area contributed by atoms with E-state index in [0.29, 0.717) is 11.7 Å². The van der Waals surface area contributed by atoms with Crippen LogP contribution in [0.3, 0.4) is 0 Å². The van der Waals surface area contributed by atoms with Gasteiger partial charge in [0, 0.05) is 11.1 Å². The number of rotatable bonds is 10. The summed E-state index contributed by atoms with van der Waals surface area (Å²) in [6.07, 6.45) is 2.09. The Labute approximate surface area is 358 Å². The van der Waals surface area contributed by atoms with Crippen LogP contribution in [-0.4, -0.2) is 25.8 Å². The van der Waals surface area contributed by atoms with Crippen molar-refractivity contribution in [1.29, 1.82) is 0 Å². The van der Waals surface area contributed by atoms with E-state index in [4.69, 9.17) is 24.4 Å². The molecule has 0 bridgehead atoms. The maximum Gasteiger partial charge on any atom is 1.00 e. The van der Waals surface area contributed by atoms with Gasteiger partial charge in [-0.15, -0.1) is 0 Å². The Kier molecular flexibility index (Phi) is 13.6. The summed E-state index contributed by atoms with van der Waals surface area (Å²) in [5, 5.41) is 4.31. The minimum atomic E-state index is -0.877. The summed E-state index contributed by atoms with van der Waals surface area (Å²) in [5.74, 6) is 2.83. The second kappa shape index (κ2) is 19.7. The number of aromatic nitrogens is 1. The minimum Gasteiger partial charge on any atom is -0.497 e. The number of allylic oxidation sites excluding steroid dienone is 1. The number of hydrogen-bond donors (Lipinski definition) is 0. The van der Waals surface area contributed by atoms with Crippen LogP contribution in [0.25, 0.3) is 28.0 Å². The van der Waals surface area contributed by atoms with E-state index in [9.17, 15) is 0 Å². The maximum absolute atomic E-state index is 5.37. The fourth-order valence-corrected chi connectivity index (χ4v) is 9.46. The summed E-state index contributed by atoms with van der Waals surface area (Å²) in [7, 11) is 2.45.